The molecule has 0 aromatic heterocycles. The monoisotopic (exact) mass is 350 g/mol. The first-order chi connectivity index (χ1) is 12.2. The molecule has 138 valence electrons. The van der Waals surface area contributed by atoms with Crippen molar-refractivity contribution in [2.75, 3.05) is 57.4 Å². The van der Waals surface area contributed by atoms with Crippen LogP contribution in [0.15, 0.2) is 29.3 Å². The summed E-state index contributed by atoms with van der Waals surface area (Å²) < 4.78 is 24.0. The third-order valence-corrected chi connectivity index (χ3v) is 4.61. The van der Waals surface area contributed by atoms with E-state index in [0.717, 1.165) is 51.3 Å². The lowest BCUT2D eigenvalue weighted by molar-refractivity contribution is 0.0424. The number of anilines is 1. The first-order valence-electron chi connectivity index (χ1n) is 8.97. The molecule has 0 amide bonds. The summed E-state index contributed by atoms with van der Waals surface area (Å²) in [5, 5.41) is 0. The Kier molecular flexibility index (Phi) is 6.47. The van der Waals surface area contributed by atoms with Crippen LogP contribution in [0.4, 0.5) is 10.1 Å². The van der Waals surface area contributed by atoms with E-state index in [1.54, 1.807) is 0 Å². The quantitative estimate of drug-likeness (QED) is 0.478. The van der Waals surface area contributed by atoms with Crippen molar-refractivity contribution in [1.29, 1.82) is 0 Å². The number of halogens is 1. The second kappa shape index (κ2) is 9.01. The predicted molar refractivity (Wildman–Crippen MR) is 96.5 cm³/mol. The topological polar surface area (TPSA) is 63.3 Å². The number of guanidine groups is 1. The van der Waals surface area contributed by atoms with Crippen LogP contribution in [0.2, 0.25) is 0 Å². The predicted octanol–water partition coefficient (Wildman–Crippen LogP) is 1.46. The Morgan fingerprint density at radius 3 is 2.68 bits per heavy atom. The van der Waals surface area contributed by atoms with Gasteiger partial charge in [0.05, 0.1) is 12.7 Å². The molecule has 1 aromatic carbocycles. The fraction of sp³-hybridized carbons (Fsp3) is 0.611. The number of aliphatic imine (C=N–C) groups is 1. The van der Waals surface area contributed by atoms with Crippen LogP contribution < -0.4 is 10.6 Å². The summed E-state index contributed by atoms with van der Waals surface area (Å²) in [5.41, 5.74) is 7.15. The first-order valence-corrected chi connectivity index (χ1v) is 8.97. The molecule has 25 heavy (non-hydrogen) atoms. The molecule has 2 aliphatic heterocycles. The molecule has 7 heteroatoms. The minimum Gasteiger partial charge on any atom is -0.379 e. The summed E-state index contributed by atoms with van der Waals surface area (Å²) in [7, 11) is 0. The molecule has 1 aromatic rings. The largest absolute Gasteiger partial charge is 0.379 e. The number of nitrogens with zero attached hydrogens (tertiary/aromatic N) is 3. The van der Waals surface area contributed by atoms with Crippen LogP contribution >= 0.6 is 0 Å². The van der Waals surface area contributed by atoms with Crippen LogP contribution in [0.1, 0.15) is 12.8 Å². The highest BCUT2D eigenvalue weighted by atomic mass is 19.1. The lowest BCUT2D eigenvalue weighted by atomic mass is 10.2. The summed E-state index contributed by atoms with van der Waals surface area (Å²) >= 11 is 0. The van der Waals surface area contributed by atoms with Gasteiger partial charge in [-0.15, -0.1) is 0 Å². The first kappa shape index (κ1) is 17.9. The van der Waals surface area contributed by atoms with Crippen molar-refractivity contribution in [3.63, 3.8) is 0 Å². The van der Waals surface area contributed by atoms with E-state index in [1.807, 2.05) is 12.1 Å². The Bertz CT molecular complexity index is 553. The van der Waals surface area contributed by atoms with Crippen molar-refractivity contribution in [2.24, 2.45) is 10.7 Å². The molecule has 1 atom stereocenters. The number of piperazine rings is 1. The van der Waals surface area contributed by atoms with Crippen LogP contribution in [0.3, 0.4) is 0 Å². The molecule has 6 nitrogen and oxygen atoms in total. The van der Waals surface area contributed by atoms with Crippen molar-refractivity contribution in [2.45, 2.75) is 18.9 Å². The Hall–Kier alpha value is -1.86. The number of benzene rings is 1. The third-order valence-electron chi connectivity index (χ3n) is 4.61. The molecule has 2 heterocycles. The molecular weight excluding hydrogens is 323 g/mol. The highest BCUT2D eigenvalue weighted by Crippen LogP contribution is 2.16. The van der Waals surface area contributed by atoms with Crippen molar-refractivity contribution in [1.82, 2.24) is 4.90 Å². The van der Waals surface area contributed by atoms with Gasteiger partial charge in [-0.25, -0.2) is 4.39 Å². The van der Waals surface area contributed by atoms with Crippen molar-refractivity contribution >= 4 is 11.6 Å². The molecule has 0 spiro atoms. The van der Waals surface area contributed by atoms with E-state index >= 15 is 0 Å². The van der Waals surface area contributed by atoms with E-state index in [1.165, 1.54) is 12.1 Å². The number of nitrogens with two attached hydrogens (primary N) is 1. The highest BCUT2D eigenvalue weighted by Gasteiger charge is 2.18. The smallest absolute Gasteiger partial charge is 0.191 e. The average molecular weight is 350 g/mol. The fourth-order valence-corrected chi connectivity index (χ4v) is 3.10. The van der Waals surface area contributed by atoms with E-state index < -0.39 is 0 Å². The minimum atomic E-state index is -0.205. The summed E-state index contributed by atoms with van der Waals surface area (Å²) in [5.74, 6) is 0.395. The molecular formula is C18H27FN4O2. The molecule has 1 unspecified atom stereocenters. The fourth-order valence-electron chi connectivity index (χ4n) is 3.10. The van der Waals surface area contributed by atoms with Gasteiger partial charge in [-0.1, -0.05) is 0 Å². The van der Waals surface area contributed by atoms with Gasteiger partial charge in [-0.2, -0.15) is 0 Å². The van der Waals surface area contributed by atoms with Crippen LogP contribution in [0, 0.1) is 5.82 Å². The maximum atomic E-state index is 13.0. The standard InChI is InChI=1S/C18H27FN4O2/c19-15-2-4-16(5-3-15)22-8-10-23(11-9-22)18(20)21-7-1-12-25-17-6-13-24-14-17/h2-5,17H,1,6-14H2,(H2,20,21). The van der Waals surface area contributed by atoms with Crippen molar-refractivity contribution in [3.8, 4) is 0 Å². The van der Waals surface area contributed by atoms with Gasteiger partial charge >= 0.3 is 0 Å². The van der Waals surface area contributed by atoms with E-state index in [-0.39, 0.29) is 11.9 Å². The second-order valence-corrected chi connectivity index (χ2v) is 6.40. The molecule has 3 rings (SSSR count). The van der Waals surface area contributed by atoms with Crippen molar-refractivity contribution in [3.05, 3.63) is 30.1 Å². The maximum absolute atomic E-state index is 13.0. The van der Waals surface area contributed by atoms with Gasteiger partial charge in [0, 0.05) is 51.6 Å². The van der Waals surface area contributed by atoms with Gasteiger partial charge in [-0.3, -0.25) is 4.99 Å². The number of hydrogen-bond acceptors (Lipinski definition) is 4. The van der Waals surface area contributed by atoms with Crippen LogP contribution in [0.25, 0.3) is 0 Å². The van der Waals surface area contributed by atoms with E-state index in [0.29, 0.717) is 25.7 Å². The maximum Gasteiger partial charge on any atom is 0.191 e. The van der Waals surface area contributed by atoms with E-state index in [4.69, 9.17) is 15.2 Å². The Morgan fingerprint density at radius 1 is 1.24 bits per heavy atom. The molecule has 2 N–H and O–H groups in total. The van der Waals surface area contributed by atoms with Gasteiger partial charge in [-0.05, 0) is 37.1 Å². The average Bonchev–Trinajstić information content (AvgIpc) is 3.15. The molecule has 0 saturated carbocycles. The molecule has 0 bridgehead atoms. The molecule has 0 aliphatic carbocycles. The second-order valence-electron chi connectivity index (χ2n) is 6.40. The molecule has 0 radical (unpaired) electrons. The normalized spacial score (nSPS) is 21.8. The van der Waals surface area contributed by atoms with Gasteiger partial charge < -0.3 is 25.0 Å². The van der Waals surface area contributed by atoms with E-state index in [9.17, 15) is 4.39 Å². The summed E-state index contributed by atoms with van der Waals surface area (Å²) in [6.45, 7) is 6.24. The number of hydrogen-bond donors (Lipinski definition) is 1. The summed E-state index contributed by atoms with van der Waals surface area (Å²) in [4.78, 5) is 8.80. The van der Waals surface area contributed by atoms with Crippen LogP contribution in [-0.2, 0) is 9.47 Å². The number of rotatable bonds is 6. The van der Waals surface area contributed by atoms with Gasteiger partial charge in [0.25, 0.3) is 0 Å². The zero-order valence-corrected chi connectivity index (χ0v) is 14.6. The Labute approximate surface area is 148 Å². The molecule has 2 saturated heterocycles. The third kappa shape index (κ3) is 5.31. The Morgan fingerprint density at radius 2 is 2.00 bits per heavy atom. The van der Waals surface area contributed by atoms with Gasteiger partial charge in [0.2, 0.25) is 0 Å². The summed E-state index contributed by atoms with van der Waals surface area (Å²) in [6.07, 6.45) is 2.11. The zero-order valence-electron chi connectivity index (χ0n) is 14.6. The van der Waals surface area contributed by atoms with E-state index in [2.05, 4.69) is 14.8 Å². The highest BCUT2D eigenvalue weighted by molar-refractivity contribution is 5.78. The lowest BCUT2D eigenvalue weighted by Crippen LogP contribution is -2.51. The van der Waals surface area contributed by atoms with Crippen LogP contribution in [-0.4, -0.2) is 69.5 Å². The minimum absolute atomic E-state index is 0.205. The summed E-state index contributed by atoms with van der Waals surface area (Å²) in [6, 6.07) is 6.63. The zero-order chi connectivity index (χ0) is 17.5. The lowest BCUT2D eigenvalue weighted by Gasteiger charge is -2.36. The number of ether oxygens (including phenoxy) is 2. The van der Waals surface area contributed by atoms with Gasteiger partial charge in [0.15, 0.2) is 5.96 Å². The van der Waals surface area contributed by atoms with Crippen molar-refractivity contribution < 1.29 is 13.9 Å². The van der Waals surface area contributed by atoms with Crippen LogP contribution in [0.5, 0.6) is 0 Å². The Balaban J connectivity index is 1.35. The SMILES string of the molecule is NC(=NCCCOC1CCOC1)N1CCN(c2ccc(F)cc2)CC1. The molecule has 2 aliphatic rings. The molecule has 2 fully saturated rings. The van der Waals surface area contributed by atoms with Gasteiger partial charge in [0.1, 0.15) is 5.82 Å².